The molecule has 3 saturated heterocycles. The van der Waals surface area contributed by atoms with Crippen molar-refractivity contribution in [3.05, 3.63) is 12.2 Å². The number of hydrogen-bond donors (Lipinski definition) is 1. The lowest BCUT2D eigenvalue weighted by molar-refractivity contribution is -0.150. The number of carboxylic acid groups (broad SMARTS) is 1. The average molecular weight is 336 g/mol. The van der Waals surface area contributed by atoms with Gasteiger partial charge in [0.1, 0.15) is 11.5 Å². The largest absolute Gasteiger partial charge is 0.481 e. The summed E-state index contributed by atoms with van der Waals surface area (Å²) in [6, 6.07) is 0. The van der Waals surface area contributed by atoms with Crippen LogP contribution in [0.3, 0.4) is 0 Å². The fraction of sp³-hybridized carbons (Fsp3) is 0.765. The van der Waals surface area contributed by atoms with Crippen molar-refractivity contribution in [2.45, 2.75) is 24.5 Å². The van der Waals surface area contributed by atoms with Crippen molar-refractivity contribution in [1.29, 1.82) is 0 Å². The van der Waals surface area contributed by atoms with Crippen LogP contribution in [-0.4, -0.2) is 83.9 Å². The van der Waals surface area contributed by atoms with E-state index in [0.717, 1.165) is 39.3 Å². The van der Waals surface area contributed by atoms with E-state index in [4.69, 9.17) is 9.47 Å². The number of rotatable bonds is 5. The smallest absolute Gasteiger partial charge is 0.310 e. The van der Waals surface area contributed by atoms with E-state index in [-0.39, 0.29) is 5.91 Å². The number of carbonyl (C=O) groups excluding carboxylic acids is 1. The van der Waals surface area contributed by atoms with Crippen molar-refractivity contribution >= 4 is 11.9 Å². The fourth-order valence-electron chi connectivity index (χ4n) is 4.73. The average Bonchev–Trinajstić information content (AvgIpc) is 3.11. The highest BCUT2D eigenvalue weighted by molar-refractivity contribution is 5.91. The van der Waals surface area contributed by atoms with Crippen LogP contribution in [0.25, 0.3) is 0 Å². The second-order valence-electron chi connectivity index (χ2n) is 7.44. The molecule has 7 heteroatoms. The Morgan fingerprint density at radius 1 is 1.33 bits per heavy atom. The summed E-state index contributed by atoms with van der Waals surface area (Å²) in [6.07, 6.45) is 4.62. The van der Waals surface area contributed by atoms with Gasteiger partial charge in [-0.3, -0.25) is 14.5 Å². The van der Waals surface area contributed by atoms with Gasteiger partial charge < -0.3 is 19.5 Å². The molecule has 2 bridgehead atoms. The molecule has 132 valence electrons. The minimum Gasteiger partial charge on any atom is -0.481 e. The molecule has 1 spiro atoms. The van der Waals surface area contributed by atoms with E-state index in [1.807, 2.05) is 12.2 Å². The van der Waals surface area contributed by atoms with Gasteiger partial charge in [-0.1, -0.05) is 12.2 Å². The van der Waals surface area contributed by atoms with E-state index in [1.54, 1.807) is 11.8 Å². The zero-order valence-corrected chi connectivity index (χ0v) is 13.9. The van der Waals surface area contributed by atoms with Crippen LogP contribution in [-0.2, 0) is 19.1 Å². The van der Waals surface area contributed by atoms with Gasteiger partial charge in [-0.25, -0.2) is 0 Å². The first-order valence-corrected chi connectivity index (χ1v) is 8.67. The molecule has 3 fully saturated rings. The Labute approximate surface area is 141 Å². The van der Waals surface area contributed by atoms with Gasteiger partial charge in [0.2, 0.25) is 5.91 Å². The number of aliphatic carboxylic acids is 1. The molecule has 24 heavy (non-hydrogen) atoms. The molecule has 4 rings (SSSR count). The number of amides is 1. The van der Waals surface area contributed by atoms with Crippen molar-refractivity contribution in [3.63, 3.8) is 0 Å². The molecule has 4 aliphatic heterocycles. The maximum atomic E-state index is 12.8. The molecule has 0 radical (unpaired) electrons. The Bertz CT molecular complexity index is 588. The number of carbonyl (C=O) groups is 2. The van der Waals surface area contributed by atoms with Gasteiger partial charge in [0.15, 0.2) is 0 Å². The Morgan fingerprint density at radius 2 is 2.08 bits per heavy atom. The standard InChI is InChI=1S/C17H24N2O5/c1-16-3-4-17(24-16)11-19(14(20)12(17)13(16)15(21)22)6-2-5-18-7-9-23-10-8-18/h3-4,12-13H,2,5-11H2,1H3,(H,21,22)/t12-,13+,16+,17-/m0/s1. The molecule has 0 aromatic carbocycles. The van der Waals surface area contributed by atoms with E-state index >= 15 is 0 Å². The molecule has 0 unspecified atom stereocenters. The fourth-order valence-corrected chi connectivity index (χ4v) is 4.73. The summed E-state index contributed by atoms with van der Waals surface area (Å²) in [4.78, 5) is 28.7. The van der Waals surface area contributed by atoms with Crippen molar-refractivity contribution < 1.29 is 24.2 Å². The van der Waals surface area contributed by atoms with Gasteiger partial charge in [0.25, 0.3) is 0 Å². The predicted octanol–water partition coefficient (Wildman–Crippen LogP) is -0.0346. The quantitative estimate of drug-likeness (QED) is 0.710. The first-order valence-electron chi connectivity index (χ1n) is 8.67. The Balaban J connectivity index is 1.41. The molecular weight excluding hydrogens is 312 g/mol. The second kappa shape index (κ2) is 5.54. The predicted molar refractivity (Wildman–Crippen MR) is 84.4 cm³/mol. The van der Waals surface area contributed by atoms with Crippen molar-refractivity contribution in [2.75, 3.05) is 45.9 Å². The van der Waals surface area contributed by atoms with Gasteiger partial charge in [-0.2, -0.15) is 0 Å². The van der Waals surface area contributed by atoms with Crippen LogP contribution in [0.4, 0.5) is 0 Å². The zero-order valence-electron chi connectivity index (χ0n) is 13.9. The third kappa shape index (κ3) is 2.29. The minimum atomic E-state index is -0.947. The lowest BCUT2D eigenvalue weighted by Gasteiger charge is -2.28. The van der Waals surface area contributed by atoms with E-state index in [0.29, 0.717) is 13.1 Å². The van der Waals surface area contributed by atoms with Crippen LogP contribution in [0.15, 0.2) is 12.2 Å². The number of likely N-dealkylation sites (tertiary alicyclic amines) is 1. The van der Waals surface area contributed by atoms with E-state index in [2.05, 4.69) is 4.90 Å². The molecular formula is C17H24N2O5. The first-order chi connectivity index (χ1) is 11.5. The number of hydrogen-bond acceptors (Lipinski definition) is 5. The SMILES string of the molecule is C[C@@]12C=C[C@@]3(CN(CCCN4CCOCC4)C(=O)[C@@H]3[C@@H]1C(=O)O)O2. The molecule has 0 aromatic heterocycles. The summed E-state index contributed by atoms with van der Waals surface area (Å²) >= 11 is 0. The summed E-state index contributed by atoms with van der Waals surface area (Å²) in [7, 11) is 0. The maximum absolute atomic E-state index is 12.8. The van der Waals surface area contributed by atoms with Crippen molar-refractivity contribution in [3.8, 4) is 0 Å². The summed E-state index contributed by atoms with van der Waals surface area (Å²) in [5, 5.41) is 9.59. The summed E-state index contributed by atoms with van der Waals surface area (Å²) in [6.45, 7) is 7.23. The number of nitrogens with zero attached hydrogens (tertiary/aromatic N) is 2. The molecule has 0 saturated carbocycles. The van der Waals surface area contributed by atoms with Gasteiger partial charge in [-0.05, 0) is 13.3 Å². The lowest BCUT2D eigenvalue weighted by Crippen LogP contribution is -2.43. The van der Waals surface area contributed by atoms with E-state index < -0.39 is 29.0 Å². The molecule has 4 heterocycles. The third-order valence-electron chi connectivity index (χ3n) is 5.87. The van der Waals surface area contributed by atoms with Gasteiger partial charge >= 0.3 is 5.97 Å². The molecule has 0 aromatic rings. The monoisotopic (exact) mass is 336 g/mol. The normalized spacial score (nSPS) is 41.2. The van der Waals surface area contributed by atoms with Crippen LogP contribution in [0, 0.1) is 11.8 Å². The van der Waals surface area contributed by atoms with Crippen molar-refractivity contribution in [2.24, 2.45) is 11.8 Å². The minimum absolute atomic E-state index is 0.0718. The molecule has 7 nitrogen and oxygen atoms in total. The molecule has 0 aliphatic carbocycles. The van der Waals surface area contributed by atoms with Crippen LogP contribution >= 0.6 is 0 Å². The second-order valence-corrected chi connectivity index (χ2v) is 7.44. The Hall–Kier alpha value is -1.44. The number of fused-ring (bicyclic) bond motifs is 1. The summed E-state index contributed by atoms with van der Waals surface area (Å²) in [5.41, 5.74) is -1.60. The Morgan fingerprint density at radius 3 is 2.79 bits per heavy atom. The third-order valence-corrected chi connectivity index (χ3v) is 5.87. The topological polar surface area (TPSA) is 79.3 Å². The van der Waals surface area contributed by atoms with Gasteiger partial charge in [0, 0.05) is 26.2 Å². The molecule has 1 amide bonds. The number of carboxylic acids is 1. The zero-order chi connectivity index (χ0) is 16.9. The van der Waals surface area contributed by atoms with Crippen LogP contribution in [0.5, 0.6) is 0 Å². The molecule has 4 aliphatic rings. The highest BCUT2D eigenvalue weighted by Gasteiger charge is 2.71. The van der Waals surface area contributed by atoms with Gasteiger partial charge in [0.05, 0.1) is 31.3 Å². The highest BCUT2D eigenvalue weighted by Crippen LogP contribution is 2.57. The van der Waals surface area contributed by atoms with Crippen LogP contribution in [0.1, 0.15) is 13.3 Å². The molecule has 1 N–H and O–H groups in total. The Kier molecular flexibility index (Phi) is 3.71. The van der Waals surface area contributed by atoms with Crippen LogP contribution < -0.4 is 0 Å². The van der Waals surface area contributed by atoms with E-state index in [9.17, 15) is 14.7 Å². The van der Waals surface area contributed by atoms with Crippen molar-refractivity contribution in [1.82, 2.24) is 9.80 Å². The summed E-state index contributed by atoms with van der Waals surface area (Å²) < 4.78 is 11.4. The highest BCUT2D eigenvalue weighted by atomic mass is 16.5. The summed E-state index contributed by atoms with van der Waals surface area (Å²) in [5.74, 6) is -2.40. The van der Waals surface area contributed by atoms with Gasteiger partial charge in [-0.15, -0.1) is 0 Å². The van der Waals surface area contributed by atoms with E-state index in [1.165, 1.54) is 0 Å². The number of ether oxygens (including phenoxy) is 2. The lowest BCUT2D eigenvalue weighted by atomic mass is 9.72. The maximum Gasteiger partial charge on any atom is 0.310 e. The number of morpholine rings is 1. The molecule has 4 atom stereocenters. The first kappa shape index (κ1) is 16.1. The van der Waals surface area contributed by atoms with Crippen LogP contribution in [0.2, 0.25) is 0 Å².